The van der Waals surface area contributed by atoms with E-state index < -0.39 is 54.1 Å². The molecule has 0 unspecified atom stereocenters. The van der Waals surface area contributed by atoms with Crippen molar-refractivity contribution in [2.45, 2.75) is 43.8 Å². The molecule has 0 fully saturated rings. The standard InChI is InChI=1S/C39H42N6O6/c1-45-25-36(47)42-30(22-28-10-4-2-5-11-28)26-51-34-15-9-8-14-31(34)37(48)44-32(38(49)41-21-18-27-16-19-40-20-17-27)24-35(46)43-33(39(45)50)23-29-12-6-3-7-13-29/h2-17,19-20,30,32-33H,18,21-26H2,1H3,(H,41,49)(H,42,47)(H,43,46)(H,44,48)/t30-,32+,33+/m1/s1. The van der Waals surface area contributed by atoms with E-state index in [4.69, 9.17) is 4.74 Å². The molecule has 0 aliphatic carbocycles. The summed E-state index contributed by atoms with van der Waals surface area (Å²) in [5.74, 6) is -2.49. The molecule has 3 atom stereocenters. The first-order valence-electron chi connectivity index (χ1n) is 16.9. The number of nitrogens with one attached hydrogen (secondary N) is 4. The number of carbonyl (C=O) groups is 5. The molecule has 12 heteroatoms. The lowest BCUT2D eigenvalue weighted by molar-refractivity contribution is -0.138. The topological polar surface area (TPSA) is 159 Å². The average molecular weight is 691 g/mol. The van der Waals surface area contributed by atoms with E-state index in [1.54, 1.807) is 36.7 Å². The molecule has 4 aromatic rings. The molecule has 0 bridgehead atoms. The van der Waals surface area contributed by atoms with Gasteiger partial charge in [0.1, 0.15) is 24.4 Å². The number of benzene rings is 3. The Bertz CT molecular complexity index is 1790. The maximum atomic E-state index is 13.8. The SMILES string of the molecule is CN1CC(=O)N[C@H](Cc2ccccc2)COc2ccccc2C(=O)N[C@H](C(=O)NCCc2ccncc2)CC(=O)N[C@@H](Cc2ccccc2)C1=O. The Morgan fingerprint density at radius 3 is 2.14 bits per heavy atom. The lowest BCUT2D eigenvalue weighted by atomic mass is 10.0. The second-order valence-electron chi connectivity index (χ2n) is 12.4. The first-order valence-corrected chi connectivity index (χ1v) is 16.9. The number of pyridine rings is 1. The molecule has 1 aromatic heterocycles. The summed E-state index contributed by atoms with van der Waals surface area (Å²) < 4.78 is 6.14. The van der Waals surface area contributed by atoms with Crippen molar-refractivity contribution in [3.8, 4) is 5.75 Å². The maximum Gasteiger partial charge on any atom is 0.255 e. The minimum Gasteiger partial charge on any atom is -0.491 e. The molecule has 1 aliphatic heterocycles. The fourth-order valence-electron chi connectivity index (χ4n) is 5.79. The van der Waals surface area contributed by atoms with Gasteiger partial charge in [-0.1, -0.05) is 72.8 Å². The number of hydrogen-bond acceptors (Lipinski definition) is 7. The molecule has 51 heavy (non-hydrogen) atoms. The van der Waals surface area contributed by atoms with Gasteiger partial charge in [-0.2, -0.15) is 0 Å². The monoisotopic (exact) mass is 690 g/mol. The quantitative estimate of drug-likeness (QED) is 0.221. The molecule has 0 radical (unpaired) electrons. The van der Waals surface area contributed by atoms with Gasteiger partial charge in [-0.25, -0.2) is 0 Å². The number of para-hydroxylation sites is 1. The van der Waals surface area contributed by atoms with E-state index in [2.05, 4.69) is 26.3 Å². The second kappa shape index (κ2) is 18.1. The predicted octanol–water partition coefficient (Wildman–Crippen LogP) is 2.23. The molecule has 5 amide bonds. The van der Waals surface area contributed by atoms with E-state index >= 15 is 0 Å². The molecule has 0 saturated heterocycles. The van der Waals surface area contributed by atoms with Crippen LogP contribution in [0, 0.1) is 0 Å². The number of likely N-dealkylation sites (N-methyl/N-ethyl adjacent to an activating group) is 1. The Kier molecular flexibility index (Phi) is 12.9. The first kappa shape index (κ1) is 36.2. The fraction of sp³-hybridized carbons (Fsp3) is 0.282. The molecule has 0 spiro atoms. The van der Waals surface area contributed by atoms with E-state index in [1.807, 2.05) is 72.8 Å². The van der Waals surface area contributed by atoms with Gasteiger partial charge in [0.05, 0.1) is 24.6 Å². The molecular weight excluding hydrogens is 648 g/mol. The maximum absolute atomic E-state index is 13.8. The largest absolute Gasteiger partial charge is 0.491 e. The number of carbonyl (C=O) groups excluding carboxylic acids is 5. The normalized spacial score (nSPS) is 19.0. The van der Waals surface area contributed by atoms with Crippen LogP contribution >= 0.6 is 0 Å². The van der Waals surface area contributed by atoms with Crippen molar-refractivity contribution in [2.24, 2.45) is 0 Å². The zero-order valence-electron chi connectivity index (χ0n) is 28.4. The summed E-state index contributed by atoms with van der Waals surface area (Å²) in [6, 6.07) is 26.1. The Hall–Kier alpha value is -6.04. The minimum atomic E-state index is -1.28. The number of nitrogens with zero attached hydrogens (tertiary/aromatic N) is 2. The Labute approximate surface area is 297 Å². The third-order valence-corrected chi connectivity index (χ3v) is 8.41. The van der Waals surface area contributed by atoms with Gasteiger partial charge in [0, 0.05) is 32.4 Å². The summed E-state index contributed by atoms with van der Waals surface area (Å²) in [6.07, 6.45) is 3.95. The van der Waals surface area contributed by atoms with E-state index in [0.717, 1.165) is 16.7 Å². The van der Waals surface area contributed by atoms with Crippen LogP contribution < -0.4 is 26.0 Å². The summed E-state index contributed by atoms with van der Waals surface area (Å²) in [5.41, 5.74) is 2.85. The van der Waals surface area contributed by atoms with E-state index in [0.29, 0.717) is 12.8 Å². The highest BCUT2D eigenvalue weighted by molar-refractivity contribution is 6.01. The Balaban J connectivity index is 1.43. The Morgan fingerprint density at radius 2 is 1.43 bits per heavy atom. The molecule has 4 N–H and O–H groups in total. The van der Waals surface area contributed by atoms with Gasteiger partial charge < -0.3 is 30.9 Å². The van der Waals surface area contributed by atoms with Crippen LogP contribution in [0.3, 0.4) is 0 Å². The van der Waals surface area contributed by atoms with Crippen LogP contribution in [-0.2, 0) is 38.4 Å². The van der Waals surface area contributed by atoms with Crippen LogP contribution in [0.25, 0.3) is 0 Å². The summed E-state index contributed by atoms with van der Waals surface area (Å²) in [5, 5.41) is 11.3. The van der Waals surface area contributed by atoms with Gasteiger partial charge in [0.2, 0.25) is 23.6 Å². The molecule has 3 aromatic carbocycles. The van der Waals surface area contributed by atoms with Gasteiger partial charge in [-0.15, -0.1) is 0 Å². The summed E-state index contributed by atoms with van der Waals surface area (Å²) in [6.45, 7) is -0.0110. The van der Waals surface area contributed by atoms with Crippen LogP contribution in [0.1, 0.15) is 33.5 Å². The second-order valence-corrected chi connectivity index (χ2v) is 12.4. The number of fused-ring (bicyclic) bond motifs is 1. The molecule has 12 nitrogen and oxygen atoms in total. The highest BCUT2D eigenvalue weighted by Gasteiger charge is 2.30. The molecule has 2 heterocycles. The molecular formula is C39H42N6O6. The van der Waals surface area contributed by atoms with Gasteiger partial charge in [0.15, 0.2) is 0 Å². The van der Waals surface area contributed by atoms with E-state index in [-0.39, 0.29) is 37.4 Å². The van der Waals surface area contributed by atoms with Crippen molar-refractivity contribution >= 4 is 29.5 Å². The number of amides is 5. The van der Waals surface area contributed by atoms with Gasteiger partial charge in [-0.3, -0.25) is 29.0 Å². The summed E-state index contributed by atoms with van der Waals surface area (Å²) in [7, 11) is 1.50. The van der Waals surface area contributed by atoms with E-state index in [1.165, 1.54) is 11.9 Å². The number of ether oxygens (including phenoxy) is 1. The van der Waals surface area contributed by atoms with Crippen LogP contribution in [0.15, 0.2) is 109 Å². The fourth-order valence-corrected chi connectivity index (χ4v) is 5.79. The lowest BCUT2D eigenvalue weighted by Crippen LogP contribution is -2.54. The van der Waals surface area contributed by atoms with Crippen molar-refractivity contribution in [1.29, 1.82) is 0 Å². The van der Waals surface area contributed by atoms with Crippen molar-refractivity contribution in [1.82, 2.24) is 31.2 Å². The summed E-state index contributed by atoms with van der Waals surface area (Å²) in [4.78, 5) is 73.3. The predicted molar refractivity (Wildman–Crippen MR) is 191 cm³/mol. The van der Waals surface area contributed by atoms with Crippen LogP contribution in [0.4, 0.5) is 0 Å². The smallest absolute Gasteiger partial charge is 0.255 e. The Morgan fingerprint density at radius 1 is 0.784 bits per heavy atom. The third kappa shape index (κ3) is 11.0. The van der Waals surface area contributed by atoms with Crippen LogP contribution in [-0.4, -0.2) is 84.3 Å². The van der Waals surface area contributed by atoms with E-state index in [9.17, 15) is 24.0 Å². The van der Waals surface area contributed by atoms with Crippen molar-refractivity contribution in [2.75, 3.05) is 26.7 Å². The zero-order valence-corrected chi connectivity index (χ0v) is 28.4. The molecule has 1 aliphatic rings. The average Bonchev–Trinajstić information content (AvgIpc) is 3.14. The zero-order chi connectivity index (χ0) is 36.0. The lowest BCUT2D eigenvalue weighted by Gasteiger charge is -2.26. The molecule has 5 rings (SSSR count). The first-order chi connectivity index (χ1) is 24.7. The minimum absolute atomic E-state index is 0.0121. The van der Waals surface area contributed by atoms with Crippen molar-refractivity contribution in [3.05, 3.63) is 132 Å². The highest BCUT2D eigenvalue weighted by Crippen LogP contribution is 2.19. The van der Waals surface area contributed by atoms with Gasteiger partial charge >= 0.3 is 0 Å². The molecule has 264 valence electrons. The van der Waals surface area contributed by atoms with Gasteiger partial charge in [0.25, 0.3) is 5.91 Å². The number of aromatic nitrogens is 1. The number of rotatable bonds is 8. The number of hydrogen-bond donors (Lipinski definition) is 4. The third-order valence-electron chi connectivity index (χ3n) is 8.41. The van der Waals surface area contributed by atoms with Crippen LogP contribution in [0.5, 0.6) is 5.75 Å². The molecule has 0 saturated carbocycles. The van der Waals surface area contributed by atoms with Gasteiger partial charge in [-0.05, 0) is 53.8 Å². The van der Waals surface area contributed by atoms with Crippen molar-refractivity contribution < 1.29 is 28.7 Å². The summed E-state index contributed by atoms with van der Waals surface area (Å²) >= 11 is 0. The van der Waals surface area contributed by atoms with Crippen LogP contribution in [0.2, 0.25) is 0 Å². The highest BCUT2D eigenvalue weighted by atomic mass is 16.5. The van der Waals surface area contributed by atoms with Crippen molar-refractivity contribution in [3.63, 3.8) is 0 Å².